The summed E-state index contributed by atoms with van der Waals surface area (Å²) >= 11 is 0. The molecule has 0 atom stereocenters. The van der Waals surface area contributed by atoms with E-state index in [1.807, 2.05) is 0 Å². The molecule has 9 rings (SSSR count). The van der Waals surface area contributed by atoms with Crippen LogP contribution in [0.2, 0.25) is 0 Å². The lowest BCUT2D eigenvalue weighted by atomic mass is 9.85. The highest BCUT2D eigenvalue weighted by molar-refractivity contribution is 6.26. The van der Waals surface area contributed by atoms with Crippen LogP contribution in [-0.4, -0.2) is 0 Å². The molecule has 1 nitrogen and oxygen atoms in total. The Kier molecular flexibility index (Phi) is 5.27. The van der Waals surface area contributed by atoms with Crippen molar-refractivity contribution < 1.29 is 4.42 Å². The molecule has 1 heteroatoms. The molecule has 0 saturated heterocycles. The largest absolute Gasteiger partial charge is 0.455 e. The number of para-hydroxylation sites is 1. The Hall–Kier alpha value is -5.66. The normalized spacial score (nSPS) is 11.7. The number of furan rings is 1. The lowest BCUT2D eigenvalue weighted by molar-refractivity contribution is 0.670. The third kappa shape index (κ3) is 3.65. The van der Waals surface area contributed by atoms with Crippen LogP contribution in [0.3, 0.4) is 0 Å². The quantitative estimate of drug-likeness (QED) is 0.201. The molecule has 8 aromatic carbocycles. The van der Waals surface area contributed by atoms with E-state index >= 15 is 0 Å². The minimum Gasteiger partial charge on any atom is -0.455 e. The molecular formula is C42H26O. The third-order valence-electron chi connectivity index (χ3n) is 8.85. The highest BCUT2D eigenvalue weighted by atomic mass is 16.3. The summed E-state index contributed by atoms with van der Waals surface area (Å²) in [7, 11) is 0. The summed E-state index contributed by atoms with van der Waals surface area (Å²) in [6.45, 7) is 0. The SMILES string of the molecule is c1ccc(-c2c3ccccc3c(-c3cccc4oc5c(-c6ccc7ccccc7c6)cccc5c34)c3ccccc23)cc1. The second kappa shape index (κ2) is 9.44. The van der Waals surface area contributed by atoms with Crippen LogP contribution in [0.4, 0.5) is 0 Å². The van der Waals surface area contributed by atoms with E-state index in [9.17, 15) is 0 Å². The zero-order valence-electron chi connectivity index (χ0n) is 23.4. The average Bonchev–Trinajstić information content (AvgIpc) is 3.47. The smallest absolute Gasteiger partial charge is 0.143 e. The van der Waals surface area contributed by atoms with Crippen LogP contribution < -0.4 is 0 Å². The maximum absolute atomic E-state index is 6.73. The maximum Gasteiger partial charge on any atom is 0.143 e. The summed E-state index contributed by atoms with van der Waals surface area (Å²) in [6.07, 6.45) is 0. The Morgan fingerprint density at radius 2 is 0.930 bits per heavy atom. The molecule has 9 aromatic rings. The van der Waals surface area contributed by atoms with E-state index in [4.69, 9.17) is 4.42 Å². The van der Waals surface area contributed by atoms with Crippen molar-refractivity contribution in [3.05, 3.63) is 158 Å². The van der Waals surface area contributed by atoms with Crippen molar-refractivity contribution >= 4 is 54.3 Å². The summed E-state index contributed by atoms with van der Waals surface area (Å²) in [4.78, 5) is 0. The zero-order chi connectivity index (χ0) is 28.3. The van der Waals surface area contributed by atoms with Gasteiger partial charge in [0.25, 0.3) is 0 Å². The molecule has 0 N–H and O–H groups in total. The molecular weight excluding hydrogens is 520 g/mol. The van der Waals surface area contributed by atoms with Gasteiger partial charge in [-0.25, -0.2) is 0 Å². The lowest BCUT2D eigenvalue weighted by Gasteiger charge is -2.18. The molecule has 0 saturated carbocycles. The van der Waals surface area contributed by atoms with Crippen LogP contribution in [0, 0.1) is 0 Å². The minimum absolute atomic E-state index is 0.904. The predicted molar refractivity (Wildman–Crippen MR) is 183 cm³/mol. The molecule has 0 bridgehead atoms. The van der Waals surface area contributed by atoms with Gasteiger partial charge in [-0.05, 0) is 72.3 Å². The number of hydrogen-bond acceptors (Lipinski definition) is 1. The Bertz CT molecular complexity index is 2440. The first-order valence-corrected chi connectivity index (χ1v) is 14.8. The number of benzene rings is 8. The fraction of sp³-hybridized carbons (Fsp3) is 0. The van der Waals surface area contributed by atoms with Gasteiger partial charge in [0.2, 0.25) is 0 Å². The van der Waals surface area contributed by atoms with Gasteiger partial charge in [0.05, 0.1) is 0 Å². The zero-order valence-corrected chi connectivity index (χ0v) is 23.4. The van der Waals surface area contributed by atoms with E-state index in [1.54, 1.807) is 0 Å². The van der Waals surface area contributed by atoms with Crippen LogP contribution in [0.25, 0.3) is 87.6 Å². The van der Waals surface area contributed by atoms with Gasteiger partial charge in [-0.15, -0.1) is 0 Å². The topological polar surface area (TPSA) is 13.1 Å². The molecule has 0 unspecified atom stereocenters. The maximum atomic E-state index is 6.73. The van der Waals surface area contributed by atoms with Gasteiger partial charge in [-0.3, -0.25) is 0 Å². The monoisotopic (exact) mass is 546 g/mol. The van der Waals surface area contributed by atoms with Crippen molar-refractivity contribution in [1.82, 2.24) is 0 Å². The summed E-state index contributed by atoms with van der Waals surface area (Å²) in [5.74, 6) is 0. The summed E-state index contributed by atoms with van der Waals surface area (Å²) in [5, 5.41) is 9.75. The number of rotatable bonds is 3. The minimum atomic E-state index is 0.904. The highest BCUT2D eigenvalue weighted by Gasteiger charge is 2.21. The molecule has 1 heterocycles. The van der Waals surface area contributed by atoms with Crippen molar-refractivity contribution in [3.63, 3.8) is 0 Å². The Labute approximate surface area is 249 Å². The van der Waals surface area contributed by atoms with Gasteiger partial charge in [-0.1, -0.05) is 146 Å². The van der Waals surface area contributed by atoms with E-state index < -0.39 is 0 Å². The molecule has 43 heavy (non-hydrogen) atoms. The fourth-order valence-electron chi connectivity index (χ4n) is 6.97. The van der Waals surface area contributed by atoms with Crippen molar-refractivity contribution in [2.45, 2.75) is 0 Å². The molecule has 0 radical (unpaired) electrons. The predicted octanol–water partition coefficient (Wildman–Crippen LogP) is 12.0. The van der Waals surface area contributed by atoms with Gasteiger partial charge in [0, 0.05) is 16.3 Å². The van der Waals surface area contributed by atoms with Crippen molar-refractivity contribution in [2.24, 2.45) is 0 Å². The number of hydrogen-bond donors (Lipinski definition) is 0. The van der Waals surface area contributed by atoms with Crippen molar-refractivity contribution in [1.29, 1.82) is 0 Å². The van der Waals surface area contributed by atoms with Crippen LogP contribution in [0.1, 0.15) is 0 Å². The third-order valence-corrected chi connectivity index (χ3v) is 8.85. The van der Waals surface area contributed by atoms with Gasteiger partial charge >= 0.3 is 0 Å². The van der Waals surface area contributed by atoms with Gasteiger partial charge in [-0.2, -0.15) is 0 Å². The van der Waals surface area contributed by atoms with Crippen LogP contribution in [0.5, 0.6) is 0 Å². The Balaban J connectivity index is 1.38. The molecule has 0 amide bonds. The van der Waals surface area contributed by atoms with Crippen LogP contribution in [-0.2, 0) is 0 Å². The average molecular weight is 547 g/mol. The summed E-state index contributed by atoms with van der Waals surface area (Å²) in [6, 6.07) is 56.6. The lowest BCUT2D eigenvalue weighted by Crippen LogP contribution is -1.91. The van der Waals surface area contributed by atoms with Crippen LogP contribution in [0.15, 0.2) is 162 Å². The molecule has 0 fully saturated rings. The summed E-state index contributed by atoms with van der Waals surface area (Å²) < 4.78 is 6.73. The molecule has 0 aliphatic rings. The first-order valence-electron chi connectivity index (χ1n) is 14.8. The fourth-order valence-corrected chi connectivity index (χ4v) is 6.97. The first-order chi connectivity index (χ1) is 21.3. The second-order valence-electron chi connectivity index (χ2n) is 11.2. The molecule has 200 valence electrons. The molecule has 0 spiro atoms. The Morgan fingerprint density at radius 3 is 1.67 bits per heavy atom. The van der Waals surface area contributed by atoms with E-state index in [-0.39, 0.29) is 0 Å². The van der Waals surface area contributed by atoms with Crippen molar-refractivity contribution in [2.75, 3.05) is 0 Å². The Morgan fingerprint density at radius 1 is 0.349 bits per heavy atom. The van der Waals surface area contributed by atoms with Crippen LogP contribution >= 0.6 is 0 Å². The van der Waals surface area contributed by atoms with E-state index in [0.29, 0.717) is 0 Å². The number of fused-ring (bicyclic) bond motifs is 6. The van der Waals surface area contributed by atoms with Gasteiger partial charge in [0.1, 0.15) is 11.2 Å². The first kappa shape index (κ1) is 24.0. The summed E-state index contributed by atoms with van der Waals surface area (Å²) in [5.41, 5.74) is 9.05. The standard InChI is InChI=1S/C42H26O/c1-2-13-28(14-3-1)39-32-16-6-8-18-34(32)40(35-19-9-7-17-33(35)39)36-21-11-23-38-41(36)37-22-10-20-31(42(37)43-38)30-25-24-27-12-4-5-15-29(27)26-30/h1-26H. The van der Waals surface area contributed by atoms with E-state index in [2.05, 4.69) is 158 Å². The molecule has 0 aliphatic carbocycles. The molecule has 1 aromatic heterocycles. The van der Waals surface area contributed by atoms with E-state index in [0.717, 1.165) is 33.1 Å². The van der Waals surface area contributed by atoms with Gasteiger partial charge in [0.15, 0.2) is 0 Å². The van der Waals surface area contributed by atoms with E-state index in [1.165, 1.54) is 54.6 Å². The van der Waals surface area contributed by atoms with Crippen molar-refractivity contribution in [3.8, 4) is 33.4 Å². The highest BCUT2D eigenvalue weighted by Crippen LogP contribution is 2.47. The van der Waals surface area contributed by atoms with Gasteiger partial charge < -0.3 is 4.42 Å². The molecule has 0 aliphatic heterocycles. The second-order valence-corrected chi connectivity index (χ2v) is 11.2.